The maximum atomic E-state index is 11.1. The molecule has 0 radical (unpaired) electrons. The van der Waals surface area contributed by atoms with Gasteiger partial charge in [-0.05, 0) is 30.5 Å². The molecule has 0 amide bonds. The van der Waals surface area contributed by atoms with Crippen molar-refractivity contribution in [2.75, 3.05) is 7.11 Å². The summed E-state index contributed by atoms with van der Waals surface area (Å²) in [4.78, 5) is 11.1. The first-order valence-electron chi connectivity index (χ1n) is 7.78. The molecule has 0 aliphatic rings. The van der Waals surface area contributed by atoms with Gasteiger partial charge in [-0.15, -0.1) is 0 Å². The Balaban J connectivity index is 2.01. The van der Waals surface area contributed by atoms with Crippen LogP contribution >= 0.6 is 0 Å². The molecule has 1 atom stereocenters. The number of esters is 1. The first-order chi connectivity index (χ1) is 11.8. The lowest BCUT2D eigenvalue weighted by molar-refractivity contribution is -0.135. The van der Waals surface area contributed by atoms with Crippen molar-refractivity contribution in [3.05, 3.63) is 84.1 Å². The molecule has 3 heteroatoms. The summed E-state index contributed by atoms with van der Waals surface area (Å²) in [5, 5.41) is 0. The predicted octanol–water partition coefficient (Wildman–Crippen LogP) is 3.74. The molecule has 0 aliphatic carbocycles. The second-order valence-electron chi connectivity index (χ2n) is 5.11. The number of methoxy groups -OCH3 is 1. The smallest absolute Gasteiger partial charge is 0.333 e. The standard InChI is InChI=1S/C21H20O3/c1-23-21(22)16-17-24-20(14-12-18-8-4-2-5-9-18)15-13-19-10-6-3-7-11-19/h2-11,16-17,20H,12,14H2,1H3/b17-16+. The largest absolute Gasteiger partial charge is 0.485 e. The van der Waals surface area contributed by atoms with Crippen LogP contribution in [-0.2, 0) is 20.7 Å². The first kappa shape index (κ1) is 17.4. The molecule has 0 bridgehead atoms. The summed E-state index contributed by atoms with van der Waals surface area (Å²) in [5.74, 6) is 5.78. The van der Waals surface area contributed by atoms with Crippen molar-refractivity contribution in [1.82, 2.24) is 0 Å². The maximum Gasteiger partial charge on any atom is 0.333 e. The average Bonchev–Trinajstić information content (AvgIpc) is 2.65. The molecule has 2 rings (SSSR count). The molecule has 0 aliphatic heterocycles. The highest BCUT2D eigenvalue weighted by Gasteiger charge is 2.05. The van der Waals surface area contributed by atoms with E-state index in [0.717, 1.165) is 18.4 Å². The molecule has 0 saturated carbocycles. The lowest BCUT2D eigenvalue weighted by atomic mass is 10.1. The Labute approximate surface area is 142 Å². The lowest BCUT2D eigenvalue weighted by Gasteiger charge is -2.10. The van der Waals surface area contributed by atoms with Crippen molar-refractivity contribution >= 4 is 5.97 Å². The van der Waals surface area contributed by atoms with Gasteiger partial charge >= 0.3 is 5.97 Å². The minimum absolute atomic E-state index is 0.300. The molecular weight excluding hydrogens is 300 g/mol. The number of carbonyl (C=O) groups is 1. The van der Waals surface area contributed by atoms with Crippen LogP contribution in [0.15, 0.2) is 73.0 Å². The number of rotatable bonds is 6. The van der Waals surface area contributed by atoms with Crippen LogP contribution in [0.5, 0.6) is 0 Å². The van der Waals surface area contributed by atoms with Crippen molar-refractivity contribution in [2.24, 2.45) is 0 Å². The van der Waals surface area contributed by atoms with Crippen LogP contribution < -0.4 is 0 Å². The number of hydrogen-bond acceptors (Lipinski definition) is 3. The number of aryl methyl sites for hydroxylation is 1. The van der Waals surface area contributed by atoms with Gasteiger partial charge in [0.1, 0.15) is 0 Å². The van der Waals surface area contributed by atoms with Crippen molar-refractivity contribution in [1.29, 1.82) is 0 Å². The summed E-state index contributed by atoms with van der Waals surface area (Å²) in [6.45, 7) is 0. The van der Waals surface area contributed by atoms with Gasteiger partial charge < -0.3 is 9.47 Å². The number of carbonyl (C=O) groups excluding carboxylic acids is 1. The Morgan fingerprint density at radius 1 is 1.08 bits per heavy atom. The summed E-state index contributed by atoms with van der Waals surface area (Å²) >= 11 is 0. The third kappa shape index (κ3) is 6.41. The Hall–Kier alpha value is -2.99. The molecular formula is C21H20O3. The highest BCUT2D eigenvalue weighted by molar-refractivity contribution is 5.81. The summed E-state index contributed by atoms with van der Waals surface area (Å²) < 4.78 is 10.2. The van der Waals surface area contributed by atoms with E-state index >= 15 is 0 Å². The summed E-state index contributed by atoms with van der Waals surface area (Å²) in [6, 6.07) is 19.9. The van der Waals surface area contributed by atoms with Gasteiger partial charge in [0.15, 0.2) is 6.10 Å². The monoisotopic (exact) mass is 320 g/mol. The highest BCUT2D eigenvalue weighted by atomic mass is 16.5. The van der Waals surface area contributed by atoms with Crippen LogP contribution in [0.4, 0.5) is 0 Å². The van der Waals surface area contributed by atoms with E-state index in [4.69, 9.17) is 4.74 Å². The van der Waals surface area contributed by atoms with Gasteiger partial charge in [-0.2, -0.15) is 0 Å². The van der Waals surface area contributed by atoms with Crippen molar-refractivity contribution in [3.8, 4) is 11.8 Å². The zero-order valence-electron chi connectivity index (χ0n) is 13.6. The molecule has 2 aromatic carbocycles. The Bertz CT molecular complexity index is 709. The molecule has 0 saturated heterocycles. The number of ether oxygens (including phenoxy) is 2. The van der Waals surface area contributed by atoms with E-state index in [0.29, 0.717) is 0 Å². The fourth-order valence-electron chi connectivity index (χ4n) is 2.06. The van der Waals surface area contributed by atoms with E-state index in [1.165, 1.54) is 25.0 Å². The van der Waals surface area contributed by atoms with Crippen molar-refractivity contribution in [3.63, 3.8) is 0 Å². The van der Waals surface area contributed by atoms with E-state index in [1.54, 1.807) is 0 Å². The van der Waals surface area contributed by atoms with Crippen LogP contribution in [0.1, 0.15) is 17.5 Å². The molecule has 0 heterocycles. The average molecular weight is 320 g/mol. The molecule has 24 heavy (non-hydrogen) atoms. The molecule has 0 fully saturated rings. The lowest BCUT2D eigenvalue weighted by Crippen LogP contribution is -2.09. The normalized spacial score (nSPS) is 11.4. The highest BCUT2D eigenvalue weighted by Crippen LogP contribution is 2.08. The van der Waals surface area contributed by atoms with Crippen LogP contribution in [0.25, 0.3) is 0 Å². The SMILES string of the molecule is COC(=O)/C=C/OC(C#Cc1ccccc1)CCc1ccccc1. The fourth-order valence-corrected chi connectivity index (χ4v) is 2.06. The second-order valence-corrected chi connectivity index (χ2v) is 5.11. The minimum Gasteiger partial charge on any atom is -0.485 e. The second kappa shape index (κ2) is 9.91. The van der Waals surface area contributed by atoms with Crippen molar-refractivity contribution in [2.45, 2.75) is 18.9 Å². The fraction of sp³-hybridized carbons (Fsp3) is 0.190. The first-order valence-corrected chi connectivity index (χ1v) is 7.78. The van der Waals surface area contributed by atoms with Gasteiger partial charge in [-0.1, -0.05) is 60.4 Å². The van der Waals surface area contributed by atoms with Gasteiger partial charge in [0.2, 0.25) is 0 Å². The number of benzene rings is 2. The van der Waals surface area contributed by atoms with Crippen LogP contribution in [0.3, 0.4) is 0 Å². The summed E-state index contributed by atoms with van der Waals surface area (Å²) in [5.41, 5.74) is 2.16. The summed E-state index contributed by atoms with van der Waals surface area (Å²) in [6.07, 6.45) is 3.88. The van der Waals surface area contributed by atoms with E-state index in [-0.39, 0.29) is 6.10 Å². The Kier molecular flexibility index (Phi) is 7.17. The van der Waals surface area contributed by atoms with E-state index in [9.17, 15) is 4.79 Å². The molecule has 0 N–H and O–H groups in total. The van der Waals surface area contributed by atoms with E-state index < -0.39 is 5.97 Å². The van der Waals surface area contributed by atoms with Crippen molar-refractivity contribution < 1.29 is 14.3 Å². The maximum absolute atomic E-state index is 11.1. The number of hydrogen-bond donors (Lipinski definition) is 0. The van der Waals surface area contributed by atoms with Gasteiger partial charge in [0.05, 0.1) is 19.4 Å². The zero-order chi connectivity index (χ0) is 17.0. The van der Waals surface area contributed by atoms with Gasteiger partial charge in [0.25, 0.3) is 0 Å². The Morgan fingerprint density at radius 3 is 2.42 bits per heavy atom. The van der Waals surface area contributed by atoms with E-state index in [2.05, 4.69) is 28.7 Å². The quantitative estimate of drug-likeness (QED) is 0.352. The van der Waals surface area contributed by atoms with Gasteiger partial charge in [0, 0.05) is 5.56 Å². The summed E-state index contributed by atoms with van der Waals surface area (Å²) in [7, 11) is 1.33. The van der Waals surface area contributed by atoms with E-state index in [1.807, 2.05) is 48.5 Å². The van der Waals surface area contributed by atoms with Crippen LogP contribution in [0.2, 0.25) is 0 Å². The molecule has 0 aromatic heterocycles. The Morgan fingerprint density at radius 2 is 1.75 bits per heavy atom. The zero-order valence-corrected chi connectivity index (χ0v) is 13.6. The van der Waals surface area contributed by atoms with Gasteiger partial charge in [-0.3, -0.25) is 0 Å². The molecule has 2 aromatic rings. The van der Waals surface area contributed by atoms with Crippen LogP contribution in [-0.4, -0.2) is 19.2 Å². The van der Waals surface area contributed by atoms with Crippen LogP contribution in [0, 0.1) is 11.8 Å². The predicted molar refractivity (Wildman–Crippen MR) is 94.1 cm³/mol. The third-order valence-electron chi connectivity index (χ3n) is 3.34. The molecule has 1 unspecified atom stereocenters. The minimum atomic E-state index is -0.451. The van der Waals surface area contributed by atoms with Gasteiger partial charge in [-0.25, -0.2) is 4.79 Å². The molecule has 122 valence electrons. The topological polar surface area (TPSA) is 35.5 Å². The molecule has 0 spiro atoms. The molecule has 3 nitrogen and oxygen atoms in total. The third-order valence-corrected chi connectivity index (χ3v) is 3.34.